The van der Waals surface area contributed by atoms with Crippen molar-refractivity contribution in [1.82, 2.24) is 9.97 Å². The van der Waals surface area contributed by atoms with Gasteiger partial charge >= 0.3 is 12.1 Å². The summed E-state index contributed by atoms with van der Waals surface area (Å²) in [6.07, 6.45) is -0.558. The number of amides is 1. The number of nitrogen functional groups attached to an aromatic ring is 1. The van der Waals surface area contributed by atoms with Crippen LogP contribution in [0.1, 0.15) is 30.3 Å². The molecule has 0 bridgehead atoms. The monoisotopic (exact) mass is 514 g/mol. The van der Waals surface area contributed by atoms with Crippen molar-refractivity contribution in [2.45, 2.75) is 26.8 Å². The lowest BCUT2D eigenvalue weighted by molar-refractivity contribution is -0.142. The van der Waals surface area contributed by atoms with Crippen LogP contribution >= 0.6 is 0 Å². The molecule has 10 heteroatoms. The molecule has 1 amide bonds. The Bertz CT molecular complexity index is 1430. The van der Waals surface area contributed by atoms with Gasteiger partial charge in [-0.05, 0) is 62.4 Å². The number of ether oxygens (including phenoxy) is 2. The summed E-state index contributed by atoms with van der Waals surface area (Å²) in [5.41, 5.74) is 9.86. The summed E-state index contributed by atoms with van der Waals surface area (Å²) >= 11 is 0. The smallest absolute Gasteiger partial charge is 0.419 e. The number of para-hydroxylation sites is 1. The van der Waals surface area contributed by atoms with E-state index >= 15 is 0 Å². The molecule has 0 aliphatic carbocycles. The molecule has 4 aromatic rings. The first-order valence-corrected chi connectivity index (χ1v) is 12.2. The number of aromatic amines is 1. The Morgan fingerprint density at radius 1 is 1.08 bits per heavy atom. The number of fused-ring (bicyclic) bond motifs is 1. The van der Waals surface area contributed by atoms with Crippen LogP contribution in [0.4, 0.5) is 16.2 Å². The average molecular weight is 515 g/mol. The topological polar surface area (TPSA) is 146 Å². The molecule has 38 heavy (non-hydrogen) atoms. The molecular weight excluding hydrogens is 484 g/mol. The number of esters is 1. The molecule has 1 aromatic heterocycles. The van der Waals surface area contributed by atoms with Crippen molar-refractivity contribution in [2.75, 3.05) is 23.4 Å². The van der Waals surface area contributed by atoms with Gasteiger partial charge in [-0.25, -0.2) is 9.78 Å². The van der Waals surface area contributed by atoms with Gasteiger partial charge in [0.15, 0.2) is 0 Å². The molecule has 0 fully saturated rings. The number of amidine groups is 1. The summed E-state index contributed by atoms with van der Waals surface area (Å²) in [5.74, 6) is 0.728. The number of anilines is 2. The van der Waals surface area contributed by atoms with Gasteiger partial charge in [-0.15, -0.1) is 0 Å². The van der Waals surface area contributed by atoms with E-state index < -0.39 is 6.09 Å². The zero-order valence-electron chi connectivity index (χ0n) is 21.3. The van der Waals surface area contributed by atoms with Crippen molar-refractivity contribution in [3.8, 4) is 5.75 Å². The number of nitrogens with two attached hydrogens (primary N) is 1. The Hall–Kier alpha value is -4.86. The number of nitrogens with one attached hydrogen (secondary N) is 3. The minimum atomic E-state index is -0.602. The standard InChI is InChI=1S/C28H30N6O4/c1-3-37-25(35)15-16-34(21-7-5-4-6-8-21)28(36)38-23-14-13-22-26(18(23)2)33-24(32-22)17-31-20-11-9-19(10-12-20)27(29)30/h4-14,31H,3,15-17H2,1-2H3,(H3,29,30)(H,32,33). The normalized spacial score (nSPS) is 10.7. The summed E-state index contributed by atoms with van der Waals surface area (Å²) in [5, 5.41) is 10.8. The molecule has 0 aliphatic heterocycles. The Morgan fingerprint density at radius 2 is 1.82 bits per heavy atom. The maximum atomic E-state index is 13.2. The molecule has 0 atom stereocenters. The van der Waals surface area contributed by atoms with Crippen molar-refractivity contribution >= 4 is 40.3 Å². The predicted molar refractivity (Wildman–Crippen MR) is 147 cm³/mol. The molecule has 4 rings (SSSR count). The highest BCUT2D eigenvalue weighted by Gasteiger charge is 2.21. The number of nitrogens with zero attached hydrogens (tertiary/aromatic N) is 2. The van der Waals surface area contributed by atoms with Gasteiger partial charge in [0.25, 0.3) is 0 Å². The zero-order chi connectivity index (χ0) is 27.1. The van der Waals surface area contributed by atoms with Crippen LogP contribution in [-0.4, -0.2) is 41.0 Å². The van der Waals surface area contributed by atoms with Crippen molar-refractivity contribution in [2.24, 2.45) is 5.73 Å². The third-order valence-corrected chi connectivity index (χ3v) is 5.89. The van der Waals surface area contributed by atoms with E-state index in [1.165, 1.54) is 4.90 Å². The molecule has 5 N–H and O–H groups in total. The molecule has 3 aromatic carbocycles. The fourth-order valence-electron chi connectivity index (χ4n) is 3.91. The van der Waals surface area contributed by atoms with Crippen molar-refractivity contribution in [1.29, 1.82) is 5.41 Å². The first-order valence-electron chi connectivity index (χ1n) is 12.2. The van der Waals surface area contributed by atoms with Crippen LogP contribution in [0.15, 0.2) is 66.7 Å². The van der Waals surface area contributed by atoms with E-state index in [1.807, 2.05) is 43.3 Å². The number of aryl methyl sites for hydroxylation is 1. The number of carbonyl (C=O) groups excluding carboxylic acids is 2. The van der Waals surface area contributed by atoms with E-state index in [0.29, 0.717) is 40.4 Å². The summed E-state index contributed by atoms with van der Waals surface area (Å²) in [6, 6.07) is 19.8. The zero-order valence-corrected chi connectivity index (χ0v) is 21.3. The number of benzene rings is 3. The number of rotatable bonds is 10. The van der Waals surface area contributed by atoms with Gasteiger partial charge in [0.1, 0.15) is 17.4 Å². The SMILES string of the molecule is CCOC(=O)CCN(C(=O)Oc1ccc2[nH]c(CNc3ccc(C(=N)N)cc3)nc2c1C)c1ccccc1. The molecule has 196 valence electrons. The minimum absolute atomic E-state index is 0.0201. The maximum absolute atomic E-state index is 13.2. The molecule has 10 nitrogen and oxygen atoms in total. The largest absolute Gasteiger partial charge is 0.466 e. The summed E-state index contributed by atoms with van der Waals surface area (Å²) < 4.78 is 10.8. The number of hydrogen-bond donors (Lipinski definition) is 4. The number of H-pyrrole nitrogens is 1. The highest BCUT2D eigenvalue weighted by Crippen LogP contribution is 2.27. The van der Waals surface area contributed by atoms with Crippen LogP contribution in [0.2, 0.25) is 0 Å². The van der Waals surface area contributed by atoms with Crippen LogP contribution in [0.5, 0.6) is 5.75 Å². The number of imidazole rings is 1. The van der Waals surface area contributed by atoms with Crippen LogP contribution in [-0.2, 0) is 16.1 Å². The molecule has 1 heterocycles. The van der Waals surface area contributed by atoms with Gasteiger partial charge in [0.2, 0.25) is 0 Å². The molecular formula is C28H30N6O4. The first-order chi connectivity index (χ1) is 18.4. The Morgan fingerprint density at radius 3 is 2.50 bits per heavy atom. The highest BCUT2D eigenvalue weighted by atomic mass is 16.6. The molecule has 0 aliphatic rings. The Labute approximate surface area is 220 Å². The van der Waals surface area contributed by atoms with E-state index in [0.717, 1.165) is 11.2 Å². The second kappa shape index (κ2) is 11.9. The minimum Gasteiger partial charge on any atom is -0.466 e. The van der Waals surface area contributed by atoms with Gasteiger partial charge in [-0.2, -0.15) is 0 Å². The summed E-state index contributed by atoms with van der Waals surface area (Å²) in [6.45, 7) is 4.42. The van der Waals surface area contributed by atoms with Gasteiger partial charge in [-0.3, -0.25) is 15.1 Å². The van der Waals surface area contributed by atoms with E-state index in [1.54, 1.807) is 37.3 Å². The Kier molecular flexibility index (Phi) is 8.22. The summed E-state index contributed by atoms with van der Waals surface area (Å²) in [4.78, 5) is 34.5. The van der Waals surface area contributed by atoms with Crippen LogP contribution in [0.25, 0.3) is 11.0 Å². The van der Waals surface area contributed by atoms with Crippen molar-refractivity contribution < 1.29 is 19.1 Å². The molecule has 0 saturated carbocycles. The fourth-order valence-corrected chi connectivity index (χ4v) is 3.91. The quantitative estimate of drug-likeness (QED) is 0.136. The second-order valence-electron chi connectivity index (χ2n) is 8.52. The van der Waals surface area contributed by atoms with Crippen LogP contribution in [0.3, 0.4) is 0 Å². The van der Waals surface area contributed by atoms with E-state index in [9.17, 15) is 9.59 Å². The van der Waals surface area contributed by atoms with Gasteiger partial charge in [0.05, 0.1) is 30.6 Å². The molecule has 0 spiro atoms. The van der Waals surface area contributed by atoms with Crippen LogP contribution < -0.4 is 20.7 Å². The van der Waals surface area contributed by atoms with Gasteiger partial charge in [0, 0.05) is 29.0 Å². The number of carbonyl (C=O) groups is 2. The lowest BCUT2D eigenvalue weighted by Gasteiger charge is -2.22. The Balaban J connectivity index is 1.48. The molecule has 0 saturated heterocycles. The second-order valence-corrected chi connectivity index (χ2v) is 8.52. The highest BCUT2D eigenvalue weighted by molar-refractivity contribution is 5.95. The third-order valence-electron chi connectivity index (χ3n) is 5.89. The summed E-state index contributed by atoms with van der Waals surface area (Å²) in [7, 11) is 0. The van der Waals surface area contributed by atoms with Gasteiger partial charge < -0.3 is 25.5 Å². The van der Waals surface area contributed by atoms with E-state index in [2.05, 4.69) is 15.3 Å². The molecule has 0 unspecified atom stereocenters. The van der Waals surface area contributed by atoms with E-state index in [-0.39, 0.29) is 31.4 Å². The predicted octanol–water partition coefficient (Wildman–Crippen LogP) is 4.73. The maximum Gasteiger partial charge on any atom is 0.419 e. The lowest BCUT2D eigenvalue weighted by atomic mass is 10.2. The molecule has 0 radical (unpaired) electrons. The average Bonchev–Trinajstić information content (AvgIpc) is 3.34. The fraction of sp³-hybridized carbons (Fsp3) is 0.214. The first kappa shape index (κ1) is 26.2. The van der Waals surface area contributed by atoms with Gasteiger partial charge in [-0.1, -0.05) is 18.2 Å². The van der Waals surface area contributed by atoms with E-state index in [4.69, 9.17) is 20.6 Å². The van der Waals surface area contributed by atoms with Crippen molar-refractivity contribution in [3.05, 3.63) is 83.7 Å². The number of aromatic nitrogens is 2. The third kappa shape index (κ3) is 6.28. The lowest BCUT2D eigenvalue weighted by Crippen LogP contribution is -2.35. The number of hydrogen-bond acceptors (Lipinski definition) is 7. The van der Waals surface area contributed by atoms with Crippen LogP contribution in [0, 0.1) is 12.3 Å². The van der Waals surface area contributed by atoms with Crippen molar-refractivity contribution in [3.63, 3.8) is 0 Å².